The number of pyridine rings is 1. The third-order valence-corrected chi connectivity index (χ3v) is 3.84. The van der Waals surface area contributed by atoms with Crippen molar-refractivity contribution in [3.05, 3.63) is 51.1 Å². The first kappa shape index (κ1) is 18.2. The molecule has 2 aromatic rings. The molecule has 1 heterocycles. The van der Waals surface area contributed by atoms with E-state index in [4.69, 9.17) is 29.6 Å². The molecule has 0 N–H and O–H groups in total. The average Bonchev–Trinajstić information content (AvgIpc) is 2.53. The number of benzene rings is 1. The van der Waals surface area contributed by atoms with E-state index in [1.807, 2.05) is 0 Å². The number of halogens is 4. The van der Waals surface area contributed by atoms with Crippen molar-refractivity contribution in [3.63, 3.8) is 0 Å². The average molecular weight is 370 g/mol. The van der Waals surface area contributed by atoms with Gasteiger partial charge in [0, 0.05) is 23.6 Å². The van der Waals surface area contributed by atoms with Gasteiger partial charge in [-0.1, -0.05) is 29.1 Å². The van der Waals surface area contributed by atoms with E-state index < -0.39 is 11.9 Å². The molecule has 0 fully saturated rings. The van der Waals surface area contributed by atoms with Crippen molar-refractivity contribution in [3.8, 4) is 23.6 Å². The molecule has 0 radical (unpaired) electrons. The topological polar surface area (TPSA) is 39.2 Å². The van der Waals surface area contributed by atoms with Crippen LogP contribution in [0, 0.1) is 12.3 Å². The first-order chi connectivity index (χ1) is 11.2. The molecule has 0 bridgehead atoms. The summed E-state index contributed by atoms with van der Waals surface area (Å²) in [5.41, 5.74) is 0.175. The maximum atomic E-state index is 13.5. The van der Waals surface area contributed by atoms with Crippen LogP contribution in [0.4, 0.5) is 8.78 Å². The summed E-state index contributed by atoms with van der Waals surface area (Å²) in [6.07, 6.45) is 5.42. The first-order valence-corrected chi connectivity index (χ1v) is 7.38. The van der Waals surface area contributed by atoms with Crippen LogP contribution >= 0.6 is 23.2 Å². The second-order valence-electron chi connectivity index (χ2n) is 4.93. The van der Waals surface area contributed by atoms with E-state index in [1.54, 1.807) is 0 Å². The van der Waals surface area contributed by atoms with Gasteiger partial charge in [0.1, 0.15) is 0 Å². The van der Waals surface area contributed by atoms with Crippen molar-refractivity contribution in [1.29, 1.82) is 0 Å². The number of carbonyl (C=O) groups is 1. The number of esters is 1. The summed E-state index contributed by atoms with van der Waals surface area (Å²) in [5, 5.41) is 0.0771. The monoisotopic (exact) mass is 369 g/mol. The van der Waals surface area contributed by atoms with Crippen molar-refractivity contribution in [1.82, 2.24) is 4.98 Å². The molecule has 0 aliphatic carbocycles. The van der Waals surface area contributed by atoms with E-state index in [-0.39, 0.29) is 38.1 Å². The number of aromatic nitrogens is 1. The molecule has 0 aliphatic rings. The Morgan fingerprint density at radius 3 is 2.50 bits per heavy atom. The highest BCUT2D eigenvalue weighted by Crippen LogP contribution is 2.37. The Balaban J connectivity index is 2.70. The van der Waals surface area contributed by atoms with Crippen LogP contribution in [-0.2, 0) is 10.7 Å². The van der Waals surface area contributed by atoms with E-state index in [1.165, 1.54) is 19.2 Å². The predicted octanol–water partition coefficient (Wildman–Crippen LogP) is 4.94. The van der Waals surface area contributed by atoms with Gasteiger partial charge in [-0.2, -0.15) is 0 Å². The Bertz CT molecular complexity index is 855. The van der Waals surface area contributed by atoms with Crippen molar-refractivity contribution < 1.29 is 18.3 Å². The van der Waals surface area contributed by atoms with Gasteiger partial charge in [-0.25, -0.2) is 18.6 Å². The van der Waals surface area contributed by atoms with Crippen LogP contribution in [0.5, 0.6) is 0 Å². The minimum Gasteiger partial charge on any atom is -0.464 e. The summed E-state index contributed by atoms with van der Waals surface area (Å²) in [6.45, 7) is 0.745. The minimum atomic E-state index is -3.10. The Kier molecular flexibility index (Phi) is 5.12. The summed E-state index contributed by atoms with van der Waals surface area (Å²) < 4.78 is 31.7. The molecule has 3 nitrogen and oxygen atoms in total. The number of hydrogen-bond acceptors (Lipinski definition) is 3. The van der Waals surface area contributed by atoms with Gasteiger partial charge < -0.3 is 4.74 Å². The number of ether oxygens (including phenoxy) is 1. The molecule has 124 valence electrons. The third-order valence-electron chi connectivity index (χ3n) is 3.23. The number of hydrogen-bond donors (Lipinski definition) is 0. The molecule has 1 aromatic carbocycles. The molecule has 0 aliphatic heterocycles. The SMILES string of the molecule is C#Cc1cc(C(C)(F)F)cc(Cl)c1-c1ccc(Cl)c(C(=O)OC)n1. The van der Waals surface area contributed by atoms with Gasteiger partial charge >= 0.3 is 5.97 Å². The minimum absolute atomic E-state index is 0.00684. The van der Waals surface area contributed by atoms with Gasteiger partial charge in [-0.05, 0) is 24.3 Å². The van der Waals surface area contributed by atoms with Gasteiger partial charge in [-0.3, -0.25) is 0 Å². The lowest BCUT2D eigenvalue weighted by Gasteiger charge is -2.15. The van der Waals surface area contributed by atoms with Crippen LogP contribution in [-0.4, -0.2) is 18.1 Å². The summed E-state index contributed by atoms with van der Waals surface area (Å²) >= 11 is 12.1. The van der Waals surface area contributed by atoms with Gasteiger partial charge in [0.2, 0.25) is 0 Å². The lowest BCUT2D eigenvalue weighted by molar-refractivity contribution is 0.0174. The van der Waals surface area contributed by atoms with Crippen LogP contribution in [0.1, 0.15) is 28.5 Å². The molecule has 0 unspecified atom stereocenters. The normalized spacial score (nSPS) is 11.0. The quantitative estimate of drug-likeness (QED) is 0.568. The number of alkyl halides is 2. The molecule has 7 heteroatoms. The lowest BCUT2D eigenvalue weighted by Crippen LogP contribution is -2.09. The van der Waals surface area contributed by atoms with Crippen LogP contribution in [0.25, 0.3) is 11.3 Å². The van der Waals surface area contributed by atoms with Gasteiger partial charge in [-0.15, -0.1) is 6.42 Å². The second-order valence-corrected chi connectivity index (χ2v) is 5.75. The van der Waals surface area contributed by atoms with Crippen LogP contribution in [0.2, 0.25) is 10.0 Å². The fourth-order valence-corrected chi connectivity index (χ4v) is 2.55. The maximum absolute atomic E-state index is 13.5. The molecule has 0 saturated heterocycles. The van der Waals surface area contributed by atoms with Crippen LogP contribution in [0.15, 0.2) is 24.3 Å². The maximum Gasteiger partial charge on any atom is 0.358 e. The Morgan fingerprint density at radius 1 is 1.29 bits per heavy atom. The van der Waals surface area contributed by atoms with E-state index in [0.29, 0.717) is 0 Å². The number of carbonyl (C=O) groups excluding carboxylic acids is 1. The fourth-order valence-electron chi connectivity index (χ4n) is 2.06. The summed E-state index contributed by atoms with van der Waals surface area (Å²) in [4.78, 5) is 15.8. The zero-order valence-electron chi connectivity index (χ0n) is 12.7. The van der Waals surface area contributed by atoms with Gasteiger partial charge in [0.05, 0.1) is 22.8 Å². The Labute approximate surface area is 147 Å². The molecule has 0 atom stereocenters. The van der Waals surface area contributed by atoms with Gasteiger partial charge in [0.15, 0.2) is 5.69 Å². The number of nitrogens with zero attached hydrogens (tertiary/aromatic N) is 1. The van der Waals surface area contributed by atoms with Crippen LogP contribution < -0.4 is 0 Å². The van der Waals surface area contributed by atoms with E-state index in [9.17, 15) is 13.6 Å². The van der Waals surface area contributed by atoms with Crippen LogP contribution in [0.3, 0.4) is 0 Å². The predicted molar refractivity (Wildman–Crippen MR) is 88.5 cm³/mol. The van der Waals surface area contributed by atoms with Crippen molar-refractivity contribution >= 4 is 29.2 Å². The zero-order valence-corrected chi connectivity index (χ0v) is 14.2. The number of methoxy groups -OCH3 is 1. The highest BCUT2D eigenvalue weighted by molar-refractivity contribution is 6.34. The fraction of sp³-hybridized carbons (Fsp3) is 0.176. The summed E-state index contributed by atoms with van der Waals surface area (Å²) in [6, 6.07) is 5.19. The number of terminal acetylenes is 1. The van der Waals surface area contributed by atoms with E-state index in [2.05, 4.69) is 15.6 Å². The zero-order chi connectivity index (χ0) is 18.1. The van der Waals surface area contributed by atoms with Crippen molar-refractivity contribution in [2.45, 2.75) is 12.8 Å². The van der Waals surface area contributed by atoms with Crippen molar-refractivity contribution in [2.24, 2.45) is 0 Å². The Hall–Kier alpha value is -2.16. The molecule has 24 heavy (non-hydrogen) atoms. The molecular formula is C17H11Cl2F2NO2. The molecule has 1 aromatic heterocycles. The van der Waals surface area contributed by atoms with E-state index >= 15 is 0 Å². The third kappa shape index (κ3) is 3.50. The smallest absolute Gasteiger partial charge is 0.358 e. The molecule has 0 spiro atoms. The van der Waals surface area contributed by atoms with Crippen molar-refractivity contribution in [2.75, 3.05) is 7.11 Å². The highest BCUT2D eigenvalue weighted by Gasteiger charge is 2.27. The first-order valence-electron chi connectivity index (χ1n) is 6.62. The lowest BCUT2D eigenvalue weighted by atomic mass is 9.98. The van der Waals surface area contributed by atoms with E-state index in [0.717, 1.165) is 19.1 Å². The summed E-state index contributed by atoms with van der Waals surface area (Å²) in [5.74, 6) is -1.52. The highest BCUT2D eigenvalue weighted by atomic mass is 35.5. The number of rotatable bonds is 3. The molecular weight excluding hydrogens is 359 g/mol. The largest absolute Gasteiger partial charge is 0.464 e. The molecule has 0 saturated carbocycles. The molecule has 2 rings (SSSR count). The Morgan fingerprint density at radius 2 is 1.96 bits per heavy atom. The standard InChI is InChI=1S/C17H11Cl2F2NO2/c1-4-9-7-10(17(2,20)21)8-12(19)14(9)13-6-5-11(18)15(22-13)16(23)24-3/h1,5-8H,2-3H3. The van der Waals surface area contributed by atoms with Gasteiger partial charge in [0.25, 0.3) is 5.92 Å². The second kappa shape index (κ2) is 6.76. The molecule has 0 amide bonds. The summed E-state index contributed by atoms with van der Waals surface area (Å²) in [7, 11) is 1.19.